The van der Waals surface area contributed by atoms with Crippen molar-refractivity contribution in [2.24, 2.45) is 5.92 Å². The van der Waals surface area contributed by atoms with Crippen LogP contribution in [0.5, 0.6) is 0 Å². The van der Waals surface area contributed by atoms with Crippen LogP contribution >= 0.6 is 0 Å². The van der Waals surface area contributed by atoms with Gasteiger partial charge in [0.15, 0.2) is 0 Å². The predicted molar refractivity (Wildman–Crippen MR) is 46.8 cm³/mol. The zero-order chi connectivity index (χ0) is 8.55. The largest absolute Gasteiger partial charge is 0.249 e. The minimum atomic E-state index is 0.541. The van der Waals surface area contributed by atoms with E-state index in [1.165, 1.54) is 18.5 Å². The lowest BCUT2D eigenvalue weighted by atomic mass is 10.1. The van der Waals surface area contributed by atoms with Crippen molar-refractivity contribution in [3.63, 3.8) is 0 Å². The predicted octanol–water partition coefficient (Wildman–Crippen LogP) is 1.81. The lowest BCUT2D eigenvalue weighted by Gasteiger charge is -2.06. The molecule has 3 heteroatoms. The van der Waals surface area contributed by atoms with Gasteiger partial charge in [-0.05, 0) is 24.7 Å². The molecule has 3 nitrogen and oxygen atoms in total. The highest BCUT2D eigenvalue weighted by molar-refractivity contribution is 5.00. The maximum absolute atomic E-state index is 4.08. The Hall–Kier alpha value is -0.860. The van der Waals surface area contributed by atoms with Gasteiger partial charge in [0.1, 0.15) is 0 Å². The third-order valence-electron chi connectivity index (χ3n) is 2.37. The number of aromatic nitrogens is 3. The first-order chi connectivity index (χ1) is 5.77. The average Bonchev–Trinajstić information content (AvgIpc) is 2.66. The molecule has 66 valence electrons. The number of hydrogen-bond acceptors (Lipinski definition) is 2. The summed E-state index contributed by atoms with van der Waals surface area (Å²) >= 11 is 0. The van der Waals surface area contributed by atoms with Gasteiger partial charge >= 0.3 is 0 Å². The number of rotatable bonds is 3. The molecule has 1 fully saturated rings. The molecule has 0 saturated heterocycles. The van der Waals surface area contributed by atoms with Crippen LogP contribution in [0.2, 0.25) is 0 Å². The van der Waals surface area contributed by atoms with E-state index in [0.717, 1.165) is 12.5 Å². The lowest BCUT2D eigenvalue weighted by Crippen LogP contribution is -2.07. The van der Waals surface area contributed by atoms with Crippen molar-refractivity contribution in [3.05, 3.63) is 11.9 Å². The fraction of sp³-hybridized carbons (Fsp3) is 0.778. The fourth-order valence-corrected chi connectivity index (χ4v) is 1.40. The Morgan fingerprint density at radius 2 is 2.33 bits per heavy atom. The number of hydrogen-bond donors (Lipinski definition) is 0. The Balaban J connectivity index is 2.11. The summed E-state index contributed by atoms with van der Waals surface area (Å²) in [6.45, 7) is 5.44. The molecule has 1 aromatic rings. The third kappa shape index (κ3) is 1.49. The molecular weight excluding hydrogens is 150 g/mol. The first-order valence-electron chi connectivity index (χ1n) is 4.65. The van der Waals surface area contributed by atoms with Gasteiger partial charge in [-0.3, -0.25) is 0 Å². The molecule has 0 aromatic carbocycles. The third-order valence-corrected chi connectivity index (χ3v) is 2.37. The van der Waals surface area contributed by atoms with Gasteiger partial charge in [-0.1, -0.05) is 19.1 Å². The van der Waals surface area contributed by atoms with Crippen molar-refractivity contribution in [2.75, 3.05) is 0 Å². The molecular formula is C9H15N3. The molecule has 0 atom stereocenters. The van der Waals surface area contributed by atoms with Crippen LogP contribution in [0.15, 0.2) is 6.20 Å². The van der Waals surface area contributed by atoms with E-state index in [9.17, 15) is 0 Å². The second-order valence-electron chi connectivity index (χ2n) is 3.94. The van der Waals surface area contributed by atoms with Crippen molar-refractivity contribution in [2.45, 2.75) is 39.2 Å². The summed E-state index contributed by atoms with van der Waals surface area (Å²) in [5.74, 6) is 1.42. The summed E-state index contributed by atoms with van der Waals surface area (Å²) in [4.78, 5) is 0. The minimum absolute atomic E-state index is 0.541. The number of nitrogens with zero attached hydrogens (tertiary/aromatic N) is 3. The van der Waals surface area contributed by atoms with Crippen molar-refractivity contribution < 1.29 is 0 Å². The quantitative estimate of drug-likeness (QED) is 0.684. The molecule has 0 N–H and O–H groups in total. The van der Waals surface area contributed by atoms with Gasteiger partial charge in [0.2, 0.25) is 0 Å². The van der Waals surface area contributed by atoms with E-state index in [-0.39, 0.29) is 0 Å². The van der Waals surface area contributed by atoms with Crippen LogP contribution in [0.1, 0.15) is 38.3 Å². The molecule has 12 heavy (non-hydrogen) atoms. The zero-order valence-corrected chi connectivity index (χ0v) is 7.70. The summed E-state index contributed by atoms with van der Waals surface area (Å²) in [6, 6.07) is 0. The zero-order valence-electron chi connectivity index (χ0n) is 7.70. The Morgan fingerprint density at radius 3 is 2.92 bits per heavy atom. The lowest BCUT2D eigenvalue weighted by molar-refractivity contribution is 0.513. The SMILES string of the molecule is CC(C)c1cnnn1CC1CC1. The summed E-state index contributed by atoms with van der Waals surface area (Å²) in [5, 5.41) is 8.02. The van der Waals surface area contributed by atoms with Crippen molar-refractivity contribution >= 4 is 0 Å². The average molecular weight is 165 g/mol. The van der Waals surface area contributed by atoms with Crippen LogP contribution in [0.4, 0.5) is 0 Å². The van der Waals surface area contributed by atoms with Gasteiger partial charge in [0.05, 0.1) is 11.9 Å². The molecule has 0 unspecified atom stereocenters. The fourth-order valence-electron chi connectivity index (χ4n) is 1.40. The van der Waals surface area contributed by atoms with Crippen molar-refractivity contribution in [3.8, 4) is 0 Å². The molecule has 0 spiro atoms. The summed E-state index contributed by atoms with van der Waals surface area (Å²) in [7, 11) is 0. The van der Waals surface area contributed by atoms with Gasteiger partial charge in [-0.25, -0.2) is 4.68 Å². The molecule has 2 rings (SSSR count). The first kappa shape index (κ1) is 7.77. The molecule has 0 amide bonds. The standard InChI is InChI=1S/C9H15N3/c1-7(2)9-5-10-11-12(9)6-8-3-4-8/h5,7-8H,3-4,6H2,1-2H3. The van der Waals surface area contributed by atoms with E-state index in [1.807, 2.05) is 6.20 Å². The van der Waals surface area contributed by atoms with Crippen LogP contribution in [0.25, 0.3) is 0 Å². The van der Waals surface area contributed by atoms with Crippen LogP contribution < -0.4 is 0 Å². The van der Waals surface area contributed by atoms with Gasteiger partial charge in [0, 0.05) is 6.54 Å². The molecule has 1 heterocycles. The molecule has 1 aliphatic rings. The van der Waals surface area contributed by atoms with Gasteiger partial charge < -0.3 is 0 Å². The Labute approximate surface area is 72.8 Å². The minimum Gasteiger partial charge on any atom is -0.249 e. The highest BCUT2D eigenvalue weighted by Crippen LogP contribution is 2.31. The summed E-state index contributed by atoms with van der Waals surface area (Å²) in [6.07, 6.45) is 4.63. The van der Waals surface area contributed by atoms with Crippen LogP contribution in [-0.2, 0) is 6.54 Å². The molecule has 0 aliphatic heterocycles. The van der Waals surface area contributed by atoms with Crippen LogP contribution in [0.3, 0.4) is 0 Å². The van der Waals surface area contributed by atoms with Crippen molar-refractivity contribution in [1.29, 1.82) is 0 Å². The van der Waals surface area contributed by atoms with E-state index in [1.54, 1.807) is 0 Å². The van der Waals surface area contributed by atoms with Crippen LogP contribution in [0, 0.1) is 5.92 Å². The van der Waals surface area contributed by atoms with E-state index < -0.39 is 0 Å². The Bertz CT molecular complexity index is 260. The van der Waals surface area contributed by atoms with Crippen LogP contribution in [-0.4, -0.2) is 15.0 Å². The topological polar surface area (TPSA) is 30.7 Å². The van der Waals surface area contributed by atoms with Gasteiger partial charge in [-0.2, -0.15) is 0 Å². The van der Waals surface area contributed by atoms with E-state index >= 15 is 0 Å². The molecule has 0 radical (unpaired) electrons. The normalized spacial score (nSPS) is 17.2. The molecule has 1 aliphatic carbocycles. The highest BCUT2D eigenvalue weighted by atomic mass is 15.4. The van der Waals surface area contributed by atoms with E-state index in [0.29, 0.717) is 5.92 Å². The second kappa shape index (κ2) is 2.88. The smallest absolute Gasteiger partial charge is 0.0727 e. The Kier molecular flexibility index (Phi) is 1.87. The highest BCUT2D eigenvalue weighted by Gasteiger charge is 2.23. The maximum atomic E-state index is 4.08. The monoisotopic (exact) mass is 165 g/mol. The molecule has 1 aromatic heterocycles. The van der Waals surface area contributed by atoms with Gasteiger partial charge in [0.25, 0.3) is 0 Å². The first-order valence-corrected chi connectivity index (χ1v) is 4.65. The van der Waals surface area contributed by atoms with E-state index in [4.69, 9.17) is 0 Å². The summed E-state index contributed by atoms with van der Waals surface area (Å²) in [5.41, 5.74) is 1.27. The Morgan fingerprint density at radius 1 is 1.58 bits per heavy atom. The van der Waals surface area contributed by atoms with Gasteiger partial charge in [-0.15, -0.1) is 5.10 Å². The van der Waals surface area contributed by atoms with Crippen molar-refractivity contribution in [1.82, 2.24) is 15.0 Å². The second-order valence-corrected chi connectivity index (χ2v) is 3.94. The van der Waals surface area contributed by atoms with E-state index in [2.05, 4.69) is 28.8 Å². The maximum Gasteiger partial charge on any atom is 0.0727 e. The summed E-state index contributed by atoms with van der Waals surface area (Å²) < 4.78 is 2.06. The molecule has 0 bridgehead atoms. The molecule has 1 saturated carbocycles.